The first-order chi connectivity index (χ1) is 17.5. The number of anilines is 4. The van der Waals surface area contributed by atoms with Crippen molar-refractivity contribution in [1.82, 2.24) is 9.97 Å². The molecule has 8 heteroatoms. The maximum atomic E-state index is 9.02. The van der Waals surface area contributed by atoms with Crippen molar-refractivity contribution in [2.75, 3.05) is 72.1 Å². The van der Waals surface area contributed by atoms with E-state index in [0.717, 1.165) is 62.3 Å². The van der Waals surface area contributed by atoms with Gasteiger partial charge in [-0.15, -0.1) is 0 Å². The third-order valence-corrected chi connectivity index (χ3v) is 7.95. The number of aliphatic hydroxyl groups excluding tert-OH is 1. The fourth-order valence-corrected chi connectivity index (χ4v) is 6.01. The first kappa shape index (κ1) is 24.9. The summed E-state index contributed by atoms with van der Waals surface area (Å²) in [5, 5.41) is 9.02. The van der Waals surface area contributed by atoms with Crippen LogP contribution in [-0.4, -0.2) is 79.6 Å². The molecule has 36 heavy (non-hydrogen) atoms. The number of piperazine rings is 1. The van der Waals surface area contributed by atoms with Crippen LogP contribution >= 0.6 is 0 Å². The molecule has 3 fully saturated rings. The predicted octanol–water partition coefficient (Wildman–Crippen LogP) is 3.85. The van der Waals surface area contributed by atoms with Crippen LogP contribution < -0.4 is 24.3 Å². The lowest BCUT2D eigenvalue weighted by atomic mass is 10.1. The largest absolute Gasteiger partial charge is 0.490 e. The summed E-state index contributed by atoms with van der Waals surface area (Å²) in [6, 6.07) is 7.59. The molecule has 0 aromatic carbocycles. The summed E-state index contributed by atoms with van der Waals surface area (Å²) in [6.45, 7) is 13.1. The average Bonchev–Trinajstić information content (AvgIpc) is 3.33. The lowest BCUT2D eigenvalue weighted by Crippen LogP contribution is -2.52. The fourth-order valence-electron chi connectivity index (χ4n) is 6.01. The van der Waals surface area contributed by atoms with Crippen LogP contribution in [0.2, 0.25) is 0 Å². The number of aryl methyl sites for hydroxylation is 1. The van der Waals surface area contributed by atoms with Gasteiger partial charge >= 0.3 is 0 Å². The number of rotatable bonds is 7. The zero-order valence-corrected chi connectivity index (χ0v) is 22.2. The first-order valence-electron chi connectivity index (χ1n) is 13.8. The Hall–Kier alpha value is -2.74. The quantitative estimate of drug-likeness (QED) is 0.623. The summed E-state index contributed by atoms with van der Waals surface area (Å²) in [5.41, 5.74) is 2.40. The molecule has 3 aliphatic heterocycles. The molecule has 0 amide bonds. The Morgan fingerprint density at radius 3 is 2.39 bits per heavy atom. The normalized spacial score (nSPS) is 22.9. The van der Waals surface area contributed by atoms with Gasteiger partial charge in [0, 0.05) is 69.2 Å². The molecule has 8 nitrogen and oxygen atoms in total. The summed E-state index contributed by atoms with van der Waals surface area (Å²) in [4.78, 5) is 19.9. The standard InChI is InChI=1S/C28H42N6O2/c1-21-16-25(36-15-14-35)19-29-28(21)32-12-13-33(23(3)20-32)24-17-26(31-9-5-4-6-10-31)30-27(18-24)34-11-7-8-22(34)2/h16-19,22-23,35H,4-15,20H2,1-3H3/t22-,23-/m1/s1. The highest BCUT2D eigenvalue weighted by atomic mass is 16.5. The Labute approximate surface area is 215 Å². The maximum absolute atomic E-state index is 9.02. The van der Waals surface area contributed by atoms with E-state index in [-0.39, 0.29) is 6.61 Å². The van der Waals surface area contributed by atoms with Crippen LogP contribution in [-0.2, 0) is 0 Å². The zero-order valence-electron chi connectivity index (χ0n) is 22.2. The topological polar surface area (TPSA) is 68.2 Å². The molecule has 0 radical (unpaired) electrons. The predicted molar refractivity (Wildman–Crippen MR) is 147 cm³/mol. The van der Waals surface area contributed by atoms with Crippen molar-refractivity contribution < 1.29 is 9.84 Å². The molecule has 5 heterocycles. The van der Waals surface area contributed by atoms with Gasteiger partial charge in [-0.25, -0.2) is 9.97 Å². The van der Waals surface area contributed by atoms with Crippen LogP contribution in [0.4, 0.5) is 23.1 Å². The van der Waals surface area contributed by atoms with Crippen molar-refractivity contribution in [3.8, 4) is 5.75 Å². The highest BCUT2D eigenvalue weighted by molar-refractivity contribution is 5.65. The molecule has 0 bridgehead atoms. The minimum atomic E-state index is 0.00708. The Morgan fingerprint density at radius 1 is 0.889 bits per heavy atom. The third kappa shape index (κ3) is 5.33. The van der Waals surface area contributed by atoms with E-state index in [9.17, 15) is 0 Å². The number of hydrogen-bond donors (Lipinski definition) is 1. The van der Waals surface area contributed by atoms with Crippen LogP contribution in [0.5, 0.6) is 5.75 Å². The number of ether oxygens (including phenoxy) is 1. The van der Waals surface area contributed by atoms with Gasteiger partial charge in [-0.2, -0.15) is 0 Å². The Morgan fingerprint density at radius 2 is 1.69 bits per heavy atom. The van der Waals surface area contributed by atoms with Crippen molar-refractivity contribution in [3.05, 3.63) is 30.0 Å². The van der Waals surface area contributed by atoms with Crippen LogP contribution in [0.15, 0.2) is 24.4 Å². The molecule has 2 aromatic rings. The molecular formula is C28H42N6O2. The lowest BCUT2D eigenvalue weighted by Gasteiger charge is -2.43. The summed E-state index contributed by atoms with van der Waals surface area (Å²) in [5.74, 6) is 4.02. The molecule has 0 aliphatic carbocycles. The second-order valence-corrected chi connectivity index (χ2v) is 10.6. The summed E-state index contributed by atoms with van der Waals surface area (Å²) in [6.07, 6.45) is 8.10. The Balaban J connectivity index is 1.36. The minimum absolute atomic E-state index is 0.00708. The van der Waals surface area contributed by atoms with Gasteiger partial charge in [-0.05, 0) is 64.5 Å². The number of hydrogen-bond acceptors (Lipinski definition) is 8. The molecule has 1 N–H and O–H groups in total. The molecule has 0 spiro atoms. The molecule has 0 saturated carbocycles. The second-order valence-electron chi connectivity index (χ2n) is 10.6. The second kappa shape index (κ2) is 11.1. The monoisotopic (exact) mass is 494 g/mol. The number of nitrogens with zero attached hydrogens (tertiary/aromatic N) is 6. The summed E-state index contributed by atoms with van der Waals surface area (Å²) in [7, 11) is 0. The average molecular weight is 495 g/mol. The van der Waals surface area contributed by atoms with E-state index >= 15 is 0 Å². The van der Waals surface area contributed by atoms with E-state index in [2.05, 4.69) is 52.5 Å². The SMILES string of the molecule is Cc1cc(OCCO)cnc1N1CCN(c2cc(N3CCCCC3)nc(N3CCC[C@H]3C)c2)[C@H](C)C1. The molecule has 196 valence electrons. The van der Waals surface area contributed by atoms with Crippen LogP contribution in [0.3, 0.4) is 0 Å². The highest BCUT2D eigenvalue weighted by Gasteiger charge is 2.29. The van der Waals surface area contributed by atoms with Crippen LogP contribution in [0, 0.1) is 6.92 Å². The van der Waals surface area contributed by atoms with E-state index < -0.39 is 0 Å². The maximum Gasteiger partial charge on any atom is 0.138 e. The number of aromatic nitrogens is 2. The Bertz CT molecular complexity index is 1030. The molecule has 3 aliphatic rings. The number of pyridine rings is 2. The molecule has 3 saturated heterocycles. The van der Waals surface area contributed by atoms with Gasteiger partial charge < -0.3 is 29.4 Å². The lowest BCUT2D eigenvalue weighted by molar-refractivity contribution is 0.201. The summed E-state index contributed by atoms with van der Waals surface area (Å²) < 4.78 is 5.54. The van der Waals surface area contributed by atoms with Crippen molar-refractivity contribution in [3.63, 3.8) is 0 Å². The first-order valence-corrected chi connectivity index (χ1v) is 13.8. The van der Waals surface area contributed by atoms with E-state index in [0.29, 0.717) is 24.4 Å². The highest BCUT2D eigenvalue weighted by Crippen LogP contribution is 2.34. The summed E-state index contributed by atoms with van der Waals surface area (Å²) >= 11 is 0. The fraction of sp³-hybridized carbons (Fsp3) is 0.643. The third-order valence-electron chi connectivity index (χ3n) is 7.95. The van der Waals surface area contributed by atoms with Crippen LogP contribution in [0.1, 0.15) is 51.5 Å². The van der Waals surface area contributed by atoms with Gasteiger partial charge in [0.1, 0.15) is 29.8 Å². The zero-order chi connectivity index (χ0) is 25.1. The number of aliphatic hydroxyl groups is 1. The van der Waals surface area contributed by atoms with E-state index in [1.54, 1.807) is 6.20 Å². The van der Waals surface area contributed by atoms with E-state index in [4.69, 9.17) is 19.8 Å². The van der Waals surface area contributed by atoms with Crippen molar-refractivity contribution in [1.29, 1.82) is 0 Å². The molecule has 2 atom stereocenters. The van der Waals surface area contributed by atoms with Crippen LogP contribution in [0.25, 0.3) is 0 Å². The molecule has 5 rings (SSSR count). The van der Waals surface area contributed by atoms with Gasteiger partial charge in [0.15, 0.2) is 0 Å². The van der Waals surface area contributed by atoms with Gasteiger partial charge in [0.05, 0.1) is 12.8 Å². The van der Waals surface area contributed by atoms with Crippen molar-refractivity contribution in [2.45, 2.75) is 65.0 Å². The molecular weight excluding hydrogens is 452 g/mol. The van der Waals surface area contributed by atoms with Crippen molar-refractivity contribution in [2.24, 2.45) is 0 Å². The molecule has 2 aromatic heterocycles. The smallest absolute Gasteiger partial charge is 0.138 e. The van der Waals surface area contributed by atoms with E-state index in [1.807, 2.05) is 6.07 Å². The van der Waals surface area contributed by atoms with E-state index in [1.165, 1.54) is 37.8 Å². The molecule has 0 unspecified atom stereocenters. The van der Waals surface area contributed by atoms with Gasteiger partial charge in [-0.3, -0.25) is 0 Å². The van der Waals surface area contributed by atoms with Gasteiger partial charge in [0.25, 0.3) is 0 Å². The minimum Gasteiger partial charge on any atom is -0.490 e. The number of piperidine rings is 1. The van der Waals surface area contributed by atoms with Crippen molar-refractivity contribution >= 4 is 23.1 Å². The van der Waals surface area contributed by atoms with Gasteiger partial charge in [-0.1, -0.05) is 0 Å². The van der Waals surface area contributed by atoms with Gasteiger partial charge in [0.2, 0.25) is 0 Å². The Kier molecular flexibility index (Phi) is 7.70.